The average molecular weight is 229 g/mol. The third-order valence-electron chi connectivity index (χ3n) is 2.10. The summed E-state index contributed by atoms with van der Waals surface area (Å²) in [6, 6.07) is 5.49. The summed E-state index contributed by atoms with van der Waals surface area (Å²) < 4.78 is 7.07. The van der Waals surface area contributed by atoms with Gasteiger partial charge in [0, 0.05) is 18.8 Å². The molecule has 0 atom stereocenters. The van der Waals surface area contributed by atoms with Crippen molar-refractivity contribution in [1.82, 2.24) is 19.7 Å². The van der Waals surface area contributed by atoms with Crippen molar-refractivity contribution in [3.05, 3.63) is 29.2 Å². The molecule has 17 heavy (non-hydrogen) atoms. The number of rotatable bonds is 2. The van der Waals surface area contributed by atoms with E-state index in [4.69, 9.17) is 10.00 Å². The van der Waals surface area contributed by atoms with Gasteiger partial charge in [-0.3, -0.25) is 0 Å². The van der Waals surface area contributed by atoms with Crippen molar-refractivity contribution in [1.29, 1.82) is 5.26 Å². The summed E-state index contributed by atoms with van der Waals surface area (Å²) in [6.07, 6.45) is 0. The van der Waals surface area contributed by atoms with E-state index in [0.717, 1.165) is 5.69 Å². The molecule has 0 N–H and O–H groups in total. The summed E-state index contributed by atoms with van der Waals surface area (Å²) in [5.41, 5.74) is 1.81. The fourth-order valence-electron chi connectivity index (χ4n) is 1.42. The van der Waals surface area contributed by atoms with Gasteiger partial charge in [0.1, 0.15) is 11.8 Å². The van der Waals surface area contributed by atoms with Crippen LogP contribution in [-0.4, -0.2) is 19.7 Å². The predicted octanol–water partition coefficient (Wildman–Crippen LogP) is 1.49. The first kappa shape index (κ1) is 11.1. The van der Waals surface area contributed by atoms with Crippen LogP contribution >= 0.6 is 0 Å². The summed E-state index contributed by atoms with van der Waals surface area (Å²) in [5.74, 6) is 0.539. The Morgan fingerprint density at radius 2 is 2.00 bits per heavy atom. The lowest BCUT2D eigenvalue weighted by Gasteiger charge is -2.04. The number of aromatic nitrogens is 4. The third kappa shape index (κ3) is 2.39. The molecule has 0 fully saturated rings. The monoisotopic (exact) mass is 229 g/mol. The van der Waals surface area contributed by atoms with E-state index >= 15 is 0 Å². The van der Waals surface area contributed by atoms with Gasteiger partial charge in [0.2, 0.25) is 5.88 Å². The van der Waals surface area contributed by atoms with E-state index in [1.165, 1.54) is 0 Å². The van der Waals surface area contributed by atoms with Crippen LogP contribution in [0.1, 0.15) is 17.1 Å². The Hall–Kier alpha value is -2.42. The van der Waals surface area contributed by atoms with Gasteiger partial charge in [0.05, 0.1) is 5.69 Å². The minimum absolute atomic E-state index is 0.157. The number of aryl methyl sites for hydroxylation is 3. The van der Waals surface area contributed by atoms with Crippen molar-refractivity contribution in [2.45, 2.75) is 13.8 Å². The van der Waals surface area contributed by atoms with Crippen molar-refractivity contribution in [3.8, 4) is 18.0 Å². The molecule has 0 aliphatic carbocycles. The normalized spacial score (nSPS) is 10.0. The van der Waals surface area contributed by atoms with Gasteiger partial charge in [0.15, 0.2) is 0 Å². The smallest absolute Gasteiger partial charge is 0.324 e. The van der Waals surface area contributed by atoms with Gasteiger partial charge < -0.3 is 4.74 Å². The molecule has 2 rings (SSSR count). The number of hydrogen-bond acceptors (Lipinski definition) is 5. The summed E-state index contributed by atoms with van der Waals surface area (Å²) in [6.45, 7) is 3.65. The summed E-state index contributed by atoms with van der Waals surface area (Å²) >= 11 is 0. The maximum absolute atomic E-state index is 8.80. The third-order valence-corrected chi connectivity index (χ3v) is 2.10. The molecule has 0 aromatic carbocycles. The summed E-state index contributed by atoms with van der Waals surface area (Å²) in [5, 5.41) is 12.9. The van der Waals surface area contributed by atoms with Gasteiger partial charge >= 0.3 is 6.01 Å². The first-order chi connectivity index (χ1) is 8.08. The van der Waals surface area contributed by atoms with E-state index in [0.29, 0.717) is 11.6 Å². The first-order valence-corrected chi connectivity index (χ1v) is 5.03. The highest BCUT2D eigenvalue weighted by molar-refractivity contribution is 5.26. The van der Waals surface area contributed by atoms with Crippen molar-refractivity contribution in [2.75, 3.05) is 0 Å². The van der Waals surface area contributed by atoms with Crippen molar-refractivity contribution >= 4 is 0 Å². The molecule has 2 aromatic rings. The lowest BCUT2D eigenvalue weighted by Crippen LogP contribution is -2.00. The van der Waals surface area contributed by atoms with Gasteiger partial charge in [-0.15, -0.1) is 0 Å². The largest absolute Gasteiger partial charge is 0.405 e. The molecule has 0 amide bonds. The minimum atomic E-state index is 0.157. The summed E-state index contributed by atoms with van der Waals surface area (Å²) in [7, 11) is 1.77. The molecule has 0 spiro atoms. The predicted molar refractivity (Wildman–Crippen MR) is 59.5 cm³/mol. The van der Waals surface area contributed by atoms with Crippen molar-refractivity contribution in [3.63, 3.8) is 0 Å². The SMILES string of the molecule is Cc1cc(C#N)nc(Oc2cc(C)nn2C)n1. The molecular weight excluding hydrogens is 218 g/mol. The Bertz CT molecular complexity index is 596. The zero-order valence-corrected chi connectivity index (χ0v) is 9.80. The van der Waals surface area contributed by atoms with Gasteiger partial charge in [0.25, 0.3) is 0 Å². The van der Waals surface area contributed by atoms with Crippen LogP contribution in [0.5, 0.6) is 11.9 Å². The van der Waals surface area contributed by atoms with Crippen LogP contribution in [0.15, 0.2) is 12.1 Å². The molecule has 6 heteroatoms. The highest BCUT2D eigenvalue weighted by atomic mass is 16.5. The lowest BCUT2D eigenvalue weighted by molar-refractivity contribution is 0.397. The zero-order valence-electron chi connectivity index (χ0n) is 9.80. The van der Waals surface area contributed by atoms with Crippen LogP contribution in [0.25, 0.3) is 0 Å². The van der Waals surface area contributed by atoms with Crippen molar-refractivity contribution in [2.24, 2.45) is 7.05 Å². The van der Waals surface area contributed by atoms with E-state index in [1.54, 1.807) is 30.8 Å². The van der Waals surface area contributed by atoms with Crippen LogP contribution in [0, 0.1) is 25.2 Å². The Kier molecular flexibility index (Phi) is 2.75. The Morgan fingerprint density at radius 1 is 1.24 bits per heavy atom. The number of nitrogens with zero attached hydrogens (tertiary/aromatic N) is 5. The number of hydrogen-bond donors (Lipinski definition) is 0. The fraction of sp³-hybridized carbons (Fsp3) is 0.273. The van der Waals surface area contributed by atoms with E-state index in [9.17, 15) is 0 Å². The highest BCUT2D eigenvalue weighted by Gasteiger charge is 2.08. The first-order valence-electron chi connectivity index (χ1n) is 5.03. The molecule has 0 aliphatic rings. The second-order valence-electron chi connectivity index (χ2n) is 3.64. The molecule has 2 aromatic heterocycles. The Labute approximate surface area is 98.5 Å². The standard InChI is InChI=1S/C11H11N5O/c1-7-4-9(6-12)14-11(13-7)17-10-5-8(2)15-16(10)3/h4-5H,1-3H3. The molecule has 2 heterocycles. The molecule has 0 unspecified atom stereocenters. The maximum Gasteiger partial charge on any atom is 0.324 e. The molecule has 0 saturated carbocycles. The van der Waals surface area contributed by atoms with E-state index in [2.05, 4.69) is 15.1 Å². The molecule has 0 radical (unpaired) electrons. The van der Waals surface area contributed by atoms with Crippen LogP contribution in [-0.2, 0) is 7.05 Å². The van der Waals surface area contributed by atoms with Gasteiger partial charge in [-0.1, -0.05) is 0 Å². The molecular formula is C11H11N5O. The van der Waals surface area contributed by atoms with Gasteiger partial charge in [-0.25, -0.2) is 9.67 Å². The van der Waals surface area contributed by atoms with Crippen LogP contribution in [0.2, 0.25) is 0 Å². The lowest BCUT2D eigenvalue weighted by atomic mass is 10.3. The van der Waals surface area contributed by atoms with E-state index in [-0.39, 0.29) is 11.7 Å². The average Bonchev–Trinajstić information content (AvgIpc) is 2.56. The van der Waals surface area contributed by atoms with E-state index < -0.39 is 0 Å². The number of nitriles is 1. The van der Waals surface area contributed by atoms with Crippen LogP contribution in [0.3, 0.4) is 0 Å². The Morgan fingerprint density at radius 3 is 2.59 bits per heavy atom. The topological polar surface area (TPSA) is 76.6 Å². The van der Waals surface area contributed by atoms with Gasteiger partial charge in [-0.2, -0.15) is 15.3 Å². The molecule has 0 saturated heterocycles. The van der Waals surface area contributed by atoms with E-state index in [1.807, 2.05) is 13.0 Å². The molecule has 86 valence electrons. The second kappa shape index (κ2) is 4.22. The Balaban J connectivity index is 2.33. The molecule has 6 nitrogen and oxygen atoms in total. The maximum atomic E-state index is 8.80. The summed E-state index contributed by atoms with van der Waals surface area (Å²) in [4.78, 5) is 8.06. The van der Waals surface area contributed by atoms with Crippen LogP contribution in [0.4, 0.5) is 0 Å². The minimum Gasteiger partial charge on any atom is -0.405 e. The quantitative estimate of drug-likeness (QED) is 0.779. The number of ether oxygens (including phenoxy) is 1. The van der Waals surface area contributed by atoms with Crippen LogP contribution < -0.4 is 4.74 Å². The molecule has 0 aliphatic heterocycles. The highest BCUT2D eigenvalue weighted by Crippen LogP contribution is 2.18. The second-order valence-corrected chi connectivity index (χ2v) is 3.64. The zero-order chi connectivity index (χ0) is 12.4. The van der Waals surface area contributed by atoms with Crippen molar-refractivity contribution < 1.29 is 4.74 Å². The molecule has 0 bridgehead atoms. The fourth-order valence-corrected chi connectivity index (χ4v) is 1.42. The van der Waals surface area contributed by atoms with Gasteiger partial charge in [-0.05, 0) is 19.9 Å².